The van der Waals surface area contributed by atoms with Crippen molar-refractivity contribution >= 4 is 48.3 Å². The fourth-order valence-corrected chi connectivity index (χ4v) is 5.14. The van der Waals surface area contributed by atoms with Crippen molar-refractivity contribution in [3.05, 3.63) is 35.9 Å². The van der Waals surface area contributed by atoms with Gasteiger partial charge in [0.05, 0.1) is 13.2 Å². The Bertz CT molecular complexity index is 1340. The normalized spacial score (nSPS) is 22.5. The van der Waals surface area contributed by atoms with E-state index >= 15 is 0 Å². The molecule has 268 valence electrons. The molecule has 2 aliphatic heterocycles. The van der Waals surface area contributed by atoms with E-state index in [1.54, 1.807) is 0 Å². The van der Waals surface area contributed by atoms with Crippen LogP contribution in [-0.2, 0) is 68.6 Å². The highest BCUT2D eigenvalue weighted by Gasteiger charge is 2.51. The van der Waals surface area contributed by atoms with Crippen LogP contribution in [0.5, 0.6) is 0 Å². The molecular formula is C32H42N4O13. The van der Waals surface area contributed by atoms with Crippen molar-refractivity contribution in [1.29, 1.82) is 0 Å². The molecule has 49 heavy (non-hydrogen) atoms. The molecule has 6 unspecified atom stereocenters. The van der Waals surface area contributed by atoms with Crippen LogP contribution < -0.4 is 10.6 Å². The number of carbonyl (C=O) groups is 7. The summed E-state index contributed by atoms with van der Waals surface area (Å²) in [6, 6.07) is 8.26. The molecule has 0 radical (unpaired) electrons. The molecule has 3 rings (SSSR count). The minimum absolute atomic E-state index is 0.0454. The summed E-state index contributed by atoms with van der Waals surface area (Å²) in [6.45, 7) is 7.32. The second kappa shape index (κ2) is 19.3. The maximum Gasteiger partial charge on any atom is 0.333 e. The second-order valence-corrected chi connectivity index (χ2v) is 11.3. The number of nitrogens with one attached hydrogen (secondary N) is 2. The third-order valence-electron chi connectivity index (χ3n) is 7.19. The van der Waals surface area contributed by atoms with Crippen LogP contribution in [0.1, 0.15) is 58.4 Å². The first-order chi connectivity index (χ1) is 23.4. The van der Waals surface area contributed by atoms with E-state index in [2.05, 4.69) is 22.3 Å². The fraction of sp³-hybridized carbons (Fsp3) is 0.562. The van der Waals surface area contributed by atoms with Gasteiger partial charge in [0, 0.05) is 59.5 Å². The molecule has 6 atom stereocenters. The van der Waals surface area contributed by atoms with Crippen LogP contribution in [0.25, 0.3) is 0 Å². The fourth-order valence-electron chi connectivity index (χ4n) is 5.14. The van der Waals surface area contributed by atoms with Crippen molar-refractivity contribution in [3.63, 3.8) is 0 Å². The van der Waals surface area contributed by atoms with Crippen LogP contribution in [0.3, 0.4) is 0 Å². The number of esters is 3. The van der Waals surface area contributed by atoms with E-state index in [-0.39, 0.29) is 51.8 Å². The van der Waals surface area contributed by atoms with Gasteiger partial charge in [0.1, 0.15) is 18.2 Å². The van der Waals surface area contributed by atoms with Gasteiger partial charge in [-0.25, -0.2) is 4.79 Å². The zero-order valence-corrected chi connectivity index (χ0v) is 27.6. The number of ether oxygens (including phenoxy) is 5. The average molecular weight is 691 g/mol. The lowest BCUT2D eigenvalue weighted by atomic mass is 9.95. The van der Waals surface area contributed by atoms with Gasteiger partial charge < -0.3 is 39.2 Å². The van der Waals surface area contributed by atoms with Gasteiger partial charge in [-0.2, -0.15) is 0 Å². The van der Waals surface area contributed by atoms with Crippen molar-refractivity contribution in [2.24, 2.45) is 4.99 Å². The van der Waals surface area contributed by atoms with Gasteiger partial charge in [0.15, 0.2) is 18.5 Å². The number of amides is 3. The lowest BCUT2D eigenvalue weighted by Crippen LogP contribution is -2.66. The Labute approximate surface area is 282 Å². The molecule has 3 amide bonds. The first-order valence-electron chi connectivity index (χ1n) is 15.7. The van der Waals surface area contributed by atoms with Gasteiger partial charge in [0.25, 0.3) is 11.8 Å². The predicted molar refractivity (Wildman–Crippen MR) is 167 cm³/mol. The summed E-state index contributed by atoms with van der Waals surface area (Å²) < 4.78 is 28.6. The van der Waals surface area contributed by atoms with Gasteiger partial charge in [-0.15, -0.1) is 5.06 Å². The standard InChI is InChI=1S/C32H42N4O13/c1-19(37)45-23(16-34-15-22-9-6-5-7-10-22)18-44-32-29(31(47-21(3)39)30(46-20(2)38)24(48-32)17-33-4)35-25(40)11-8-12-28(43)49-36-26(41)13-14-27(36)42/h5-7,9-10,23-24,29-32,34H,4,8,11-18H2,1-3H3,(H,35,40). The van der Waals surface area contributed by atoms with Gasteiger partial charge in [-0.05, 0) is 18.7 Å². The third kappa shape index (κ3) is 12.7. The zero-order chi connectivity index (χ0) is 35.9. The number of aliphatic imine (C=N–C) groups is 1. The number of nitrogens with zero attached hydrogens (tertiary/aromatic N) is 2. The molecular weight excluding hydrogens is 648 g/mol. The monoisotopic (exact) mass is 690 g/mol. The summed E-state index contributed by atoms with van der Waals surface area (Å²) >= 11 is 0. The molecule has 0 bridgehead atoms. The molecule has 17 heteroatoms. The van der Waals surface area contributed by atoms with E-state index in [1.165, 1.54) is 6.92 Å². The van der Waals surface area contributed by atoms with Crippen molar-refractivity contribution in [2.75, 3.05) is 19.7 Å². The Morgan fingerprint density at radius 2 is 1.61 bits per heavy atom. The lowest BCUT2D eigenvalue weighted by Gasteiger charge is -2.45. The summed E-state index contributed by atoms with van der Waals surface area (Å²) in [6.07, 6.45) is -6.44. The molecule has 0 aromatic heterocycles. The topological polar surface area (TPSA) is 215 Å². The molecule has 1 aromatic carbocycles. The number of carbonyl (C=O) groups excluding carboxylic acids is 7. The van der Waals surface area contributed by atoms with Crippen molar-refractivity contribution in [2.45, 2.75) is 96.2 Å². The molecule has 0 spiro atoms. The SMILES string of the molecule is C=NCC1OC(OCC(CNCc2ccccc2)OC(C)=O)C(NC(=O)CCCC(=O)ON2C(=O)CCC2=O)C(OC(C)=O)C1OC(C)=O. The number of hydroxylamine groups is 2. The Morgan fingerprint density at radius 1 is 0.959 bits per heavy atom. The lowest BCUT2D eigenvalue weighted by molar-refractivity contribution is -0.273. The third-order valence-corrected chi connectivity index (χ3v) is 7.19. The number of benzene rings is 1. The van der Waals surface area contributed by atoms with Crippen molar-refractivity contribution < 1.29 is 62.1 Å². The van der Waals surface area contributed by atoms with Crippen LogP contribution in [0.2, 0.25) is 0 Å². The zero-order valence-electron chi connectivity index (χ0n) is 27.6. The van der Waals surface area contributed by atoms with Crippen LogP contribution in [0, 0.1) is 0 Å². The Hall–Kier alpha value is -4.74. The minimum atomic E-state index is -1.34. The first-order valence-corrected chi connectivity index (χ1v) is 15.7. The molecule has 2 saturated heterocycles. The quantitative estimate of drug-likeness (QED) is 0.0916. The Morgan fingerprint density at radius 3 is 2.22 bits per heavy atom. The summed E-state index contributed by atoms with van der Waals surface area (Å²) in [5.74, 6) is -4.84. The largest absolute Gasteiger partial charge is 0.459 e. The first kappa shape index (κ1) is 38.7. The number of imide groups is 1. The molecule has 0 aliphatic carbocycles. The number of hydrogen-bond acceptors (Lipinski definition) is 15. The molecule has 2 fully saturated rings. The van der Waals surface area contributed by atoms with Gasteiger partial charge >= 0.3 is 23.9 Å². The van der Waals surface area contributed by atoms with E-state index in [1.807, 2.05) is 30.3 Å². The van der Waals surface area contributed by atoms with E-state index in [4.69, 9.17) is 28.5 Å². The average Bonchev–Trinajstić information content (AvgIpc) is 3.34. The van der Waals surface area contributed by atoms with Gasteiger partial charge in [-0.3, -0.25) is 33.8 Å². The Kier molecular flexibility index (Phi) is 15.2. The smallest absolute Gasteiger partial charge is 0.333 e. The molecule has 2 N–H and O–H groups in total. The summed E-state index contributed by atoms with van der Waals surface area (Å²) in [5.41, 5.74) is 0.996. The highest BCUT2D eigenvalue weighted by Crippen LogP contribution is 2.28. The Balaban J connectivity index is 1.74. The molecule has 1 aromatic rings. The van der Waals surface area contributed by atoms with Gasteiger partial charge in [-0.1, -0.05) is 30.3 Å². The van der Waals surface area contributed by atoms with Crippen LogP contribution in [0.15, 0.2) is 35.3 Å². The number of rotatable bonds is 18. The van der Waals surface area contributed by atoms with Crippen LogP contribution >= 0.6 is 0 Å². The molecule has 2 heterocycles. The second-order valence-electron chi connectivity index (χ2n) is 11.3. The van der Waals surface area contributed by atoms with Crippen LogP contribution in [0.4, 0.5) is 0 Å². The molecule has 2 aliphatic rings. The maximum atomic E-state index is 13.2. The van der Waals surface area contributed by atoms with Crippen molar-refractivity contribution in [3.8, 4) is 0 Å². The van der Waals surface area contributed by atoms with E-state index in [0.717, 1.165) is 19.4 Å². The maximum absolute atomic E-state index is 13.2. The van der Waals surface area contributed by atoms with E-state index < -0.39 is 78.3 Å². The summed E-state index contributed by atoms with van der Waals surface area (Å²) in [7, 11) is 0. The predicted octanol–water partition coefficient (Wildman–Crippen LogP) is 0.276. The highest BCUT2D eigenvalue weighted by atomic mass is 16.7. The van der Waals surface area contributed by atoms with Crippen LogP contribution in [-0.4, -0.2) is 110 Å². The number of hydrogen-bond donors (Lipinski definition) is 2. The highest BCUT2D eigenvalue weighted by molar-refractivity contribution is 6.01. The molecule has 17 nitrogen and oxygen atoms in total. The molecule has 0 saturated carbocycles. The van der Waals surface area contributed by atoms with Crippen molar-refractivity contribution in [1.82, 2.24) is 15.7 Å². The van der Waals surface area contributed by atoms with Gasteiger partial charge in [0.2, 0.25) is 5.91 Å². The summed E-state index contributed by atoms with van der Waals surface area (Å²) in [5, 5.41) is 6.29. The van der Waals surface area contributed by atoms with E-state index in [0.29, 0.717) is 11.6 Å². The van der Waals surface area contributed by atoms with E-state index in [9.17, 15) is 33.6 Å². The summed E-state index contributed by atoms with van der Waals surface area (Å²) in [4.78, 5) is 93.7. The minimum Gasteiger partial charge on any atom is -0.459 e.